The van der Waals surface area contributed by atoms with Crippen molar-refractivity contribution in [1.29, 1.82) is 0 Å². The van der Waals surface area contributed by atoms with Gasteiger partial charge >= 0.3 is 0 Å². The lowest BCUT2D eigenvalue weighted by molar-refractivity contribution is -0.120. The van der Waals surface area contributed by atoms with Crippen molar-refractivity contribution < 1.29 is 9.90 Å². The van der Waals surface area contributed by atoms with Gasteiger partial charge in [-0.05, 0) is 52.2 Å². The van der Waals surface area contributed by atoms with Gasteiger partial charge in [0.2, 0.25) is 5.91 Å². The fourth-order valence-corrected chi connectivity index (χ4v) is 3.48. The molecular weight excluding hydrogens is 382 g/mol. The number of carbonyl (C=O) groups is 1. The average molecular weight is 420 g/mol. The molecule has 2 aliphatic carbocycles. The molecule has 1 amide bonds. The Morgan fingerprint density at radius 2 is 1.81 bits per heavy atom. The van der Waals surface area contributed by atoms with Gasteiger partial charge in [0.25, 0.3) is 0 Å². The van der Waals surface area contributed by atoms with Crippen molar-refractivity contribution in [3.63, 3.8) is 0 Å². The summed E-state index contributed by atoms with van der Waals surface area (Å²) >= 11 is 0. The molecule has 0 aliphatic heterocycles. The van der Waals surface area contributed by atoms with Gasteiger partial charge < -0.3 is 10.4 Å². The summed E-state index contributed by atoms with van der Waals surface area (Å²) in [6.45, 7) is 11.6. The van der Waals surface area contributed by atoms with E-state index in [2.05, 4.69) is 68.3 Å². The van der Waals surface area contributed by atoms with Crippen LogP contribution in [-0.4, -0.2) is 22.7 Å². The Bertz CT molecular complexity index is 907. The Morgan fingerprint density at radius 3 is 2.42 bits per heavy atom. The Morgan fingerprint density at radius 1 is 1.10 bits per heavy atom. The number of carbonyl (C=O) groups excluding carboxylic acids is 1. The fourth-order valence-electron chi connectivity index (χ4n) is 3.48. The fraction of sp³-hybridized carbons (Fsp3) is 0.464. The van der Waals surface area contributed by atoms with Gasteiger partial charge in [0.05, 0.1) is 11.6 Å². The molecule has 3 heteroatoms. The molecule has 2 aliphatic rings. The number of nitrogens with one attached hydrogen (secondary N) is 1. The summed E-state index contributed by atoms with van der Waals surface area (Å²) in [4.78, 5) is 12.9. The first kappa shape index (κ1) is 24.7. The molecule has 0 saturated carbocycles. The van der Waals surface area contributed by atoms with Crippen LogP contribution < -0.4 is 5.32 Å². The van der Waals surface area contributed by atoms with Gasteiger partial charge in [0.1, 0.15) is 0 Å². The van der Waals surface area contributed by atoms with Gasteiger partial charge in [-0.15, -0.1) is 0 Å². The van der Waals surface area contributed by atoms with Crippen LogP contribution in [0.5, 0.6) is 0 Å². The molecule has 166 valence electrons. The van der Waals surface area contributed by atoms with E-state index < -0.39 is 5.60 Å². The Labute approximate surface area is 188 Å². The first-order valence-corrected chi connectivity index (χ1v) is 11.4. The van der Waals surface area contributed by atoms with Gasteiger partial charge in [-0.1, -0.05) is 74.6 Å². The van der Waals surface area contributed by atoms with Gasteiger partial charge in [-0.2, -0.15) is 0 Å². The minimum absolute atomic E-state index is 0.0167. The van der Waals surface area contributed by atoms with Crippen LogP contribution in [0.3, 0.4) is 0 Å². The van der Waals surface area contributed by atoms with E-state index in [0.717, 1.165) is 30.4 Å². The highest BCUT2D eigenvalue weighted by molar-refractivity contribution is 5.95. The van der Waals surface area contributed by atoms with E-state index in [1.807, 2.05) is 25.2 Å². The van der Waals surface area contributed by atoms with Gasteiger partial charge in [0.15, 0.2) is 0 Å². The molecule has 0 saturated heterocycles. The first-order valence-electron chi connectivity index (χ1n) is 11.4. The minimum Gasteiger partial charge on any atom is -0.388 e. The van der Waals surface area contributed by atoms with E-state index in [1.54, 1.807) is 13.8 Å². The van der Waals surface area contributed by atoms with Crippen LogP contribution >= 0.6 is 0 Å². The van der Waals surface area contributed by atoms with E-state index in [9.17, 15) is 9.90 Å². The highest BCUT2D eigenvalue weighted by Gasteiger charge is 2.26. The lowest BCUT2D eigenvalue weighted by Gasteiger charge is -2.27. The minimum atomic E-state index is -0.978. The smallest absolute Gasteiger partial charge is 0.248 e. The van der Waals surface area contributed by atoms with Crippen LogP contribution in [0, 0.1) is 23.7 Å². The van der Waals surface area contributed by atoms with E-state index in [1.165, 1.54) is 5.57 Å². The Hall–Kier alpha value is -2.57. The highest BCUT2D eigenvalue weighted by atomic mass is 16.3. The predicted molar refractivity (Wildman–Crippen MR) is 130 cm³/mol. The number of allylic oxidation sites excluding steroid dienone is 11. The molecular formula is C28H37NO2. The van der Waals surface area contributed by atoms with Crippen molar-refractivity contribution in [2.45, 2.75) is 72.4 Å². The van der Waals surface area contributed by atoms with Crippen LogP contribution in [0.4, 0.5) is 0 Å². The molecule has 0 aromatic carbocycles. The molecule has 0 aromatic rings. The molecule has 0 heterocycles. The molecule has 3 unspecified atom stereocenters. The third-order valence-electron chi connectivity index (χ3n) is 6.06. The van der Waals surface area contributed by atoms with Crippen molar-refractivity contribution in [3.05, 3.63) is 70.9 Å². The Kier molecular flexibility index (Phi) is 8.89. The predicted octanol–water partition coefficient (Wildman–Crippen LogP) is 5.57. The monoisotopic (exact) mass is 419 g/mol. The second-order valence-corrected chi connectivity index (χ2v) is 8.81. The van der Waals surface area contributed by atoms with Crippen molar-refractivity contribution in [2.75, 3.05) is 0 Å². The van der Waals surface area contributed by atoms with Crippen LogP contribution in [0.15, 0.2) is 70.9 Å². The maximum absolute atomic E-state index is 12.9. The number of hydrogen-bond donors (Lipinski definition) is 2. The van der Waals surface area contributed by atoms with Crippen LogP contribution in [0.1, 0.15) is 60.8 Å². The molecule has 2 rings (SSSR count). The highest BCUT2D eigenvalue weighted by Crippen LogP contribution is 2.24. The van der Waals surface area contributed by atoms with Gasteiger partial charge in [0, 0.05) is 28.6 Å². The van der Waals surface area contributed by atoms with Crippen LogP contribution in [-0.2, 0) is 4.79 Å². The largest absolute Gasteiger partial charge is 0.388 e. The summed E-state index contributed by atoms with van der Waals surface area (Å²) in [6.07, 6.45) is 19.4. The second-order valence-electron chi connectivity index (χ2n) is 8.81. The SMILES string of the molecule is CCC1=CC(CC)C(C#CC2=CC=C(C(=O)NC(C)C(C)(C)O)C(CC)C=C2)=CC=C1. The maximum atomic E-state index is 12.9. The zero-order chi connectivity index (χ0) is 23.0. The summed E-state index contributed by atoms with van der Waals surface area (Å²) in [5.74, 6) is 6.87. The molecule has 3 atom stereocenters. The topological polar surface area (TPSA) is 49.3 Å². The third-order valence-corrected chi connectivity index (χ3v) is 6.06. The summed E-state index contributed by atoms with van der Waals surface area (Å²) in [7, 11) is 0. The molecule has 0 radical (unpaired) electrons. The van der Waals surface area contributed by atoms with Crippen molar-refractivity contribution >= 4 is 5.91 Å². The summed E-state index contributed by atoms with van der Waals surface area (Å²) < 4.78 is 0. The van der Waals surface area contributed by atoms with E-state index in [-0.39, 0.29) is 17.9 Å². The second kappa shape index (κ2) is 11.2. The lowest BCUT2D eigenvalue weighted by atomic mass is 9.94. The zero-order valence-corrected chi connectivity index (χ0v) is 19.8. The molecule has 0 spiro atoms. The average Bonchev–Trinajstić information content (AvgIpc) is 3.06. The number of rotatable bonds is 6. The number of hydrogen-bond acceptors (Lipinski definition) is 2. The molecule has 0 aromatic heterocycles. The van der Waals surface area contributed by atoms with Gasteiger partial charge in [-0.25, -0.2) is 0 Å². The number of amides is 1. The first-order chi connectivity index (χ1) is 14.7. The quantitative estimate of drug-likeness (QED) is 0.553. The summed E-state index contributed by atoms with van der Waals surface area (Å²) in [5.41, 5.74) is 3.07. The summed E-state index contributed by atoms with van der Waals surface area (Å²) in [6, 6.07) is -0.351. The van der Waals surface area contributed by atoms with E-state index in [4.69, 9.17) is 0 Å². The Balaban J connectivity index is 2.27. The summed E-state index contributed by atoms with van der Waals surface area (Å²) in [5, 5.41) is 13.1. The van der Waals surface area contributed by atoms with Gasteiger partial charge in [-0.3, -0.25) is 4.79 Å². The van der Waals surface area contributed by atoms with Crippen molar-refractivity contribution in [2.24, 2.45) is 11.8 Å². The third kappa shape index (κ3) is 6.97. The van der Waals surface area contributed by atoms with Crippen molar-refractivity contribution in [3.8, 4) is 11.8 Å². The van der Waals surface area contributed by atoms with Crippen LogP contribution in [0.2, 0.25) is 0 Å². The number of aliphatic hydroxyl groups is 1. The standard InChI is InChI=1S/C28H37NO2/c1-7-21-11-10-12-25(24(9-3)19-21)17-14-22-13-16-23(8-2)26(18-15-22)27(30)29-20(4)28(5,6)31/h10-13,15-16,18-20,23-24,31H,7-9H2,1-6H3,(H,29,30). The maximum Gasteiger partial charge on any atom is 0.248 e. The molecule has 0 fully saturated rings. The zero-order valence-electron chi connectivity index (χ0n) is 19.8. The van der Waals surface area contributed by atoms with Crippen LogP contribution in [0.25, 0.3) is 0 Å². The molecule has 3 nitrogen and oxygen atoms in total. The molecule has 31 heavy (non-hydrogen) atoms. The normalized spacial score (nSPS) is 22.0. The molecule has 0 bridgehead atoms. The van der Waals surface area contributed by atoms with Crippen molar-refractivity contribution in [1.82, 2.24) is 5.32 Å². The van der Waals surface area contributed by atoms with E-state index >= 15 is 0 Å². The molecule has 2 N–H and O–H groups in total. The lowest BCUT2D eigenvalue weighted by Crippen LogP contribution is -2.48. The van der Waals surface area contributed by atoms with E-state index in [0.29, 0.717) is 11.5 Å².